The molecule has 1 fully saturated rings. The molecule has 0 aliphatic heterocycles. The van der Waals surface area contributed by atoms with Crippen LogP contribution in [-0.2, 0) is 9.53 Å². The SMILES string of the molecule is CC(C)(C)OC(=O)NNC1CCC(F)(F)CC1=O. The fourth-order valence-corrected chi connectivity index (χ4v) is 1.59. The summed E-state index contributed by atoms with van der Waals surface area (Å²) in [4.78, 5) is 22.7. The normalized spacial score (nSPS) is 23.6. The van der Waals surface area contributed by atoms with Crippen molar-refractivity contribution in [1.29, 1.82) is 0 Å². The van der Waals surface area contributed by atoms with E-state index < -0.39 is 35.9 Å². The number of amides is 1. The summed E-state index contributed by atoms with van der Waals surface area (Å²) < 4.78 is 30.7. The minimum absolute atomic E-state index is 0.0123. The van der Waals surface area contributed by atoms with E-state index in [4.69, 9.17) is 4.74 Å². The number of carbonyl (C=O) groups excluding carboxylic acids is 2. The van der Waals surface area contributed by atoms with Crippen LogP contribution in [0.2, 0.25) is 0 Å². The highest BCUT2D eigenvalue weighted by Gasteiger charge is 2.40. The lowest BCUT2D eigenvalue weighted by Crippen LogP contribution is -2.52. The molecular weight excluding hydrogens is 246 g/mol. The van der Waals surface area contributed by atoms with E-state index in [-0.39, 0.29) is 12.8 Å². The Morgan fingerprint density at radius 2 is 2.06 bits per heavy atom. The number of halogens is 2. The van der Waals surface area contributed by atoms with Crippen LogP contribution >= 0.6 is 0 Å². The quantitative estimate of drug-likeness (QED) is 0.746. The summed E-state index contributed by atoms with van der Waals surface area (Å²) in [6, 6.07) is -0.780. The topological polar surface area (TPSA) is 67.4 Å². The van der Waals surface area contributed by atoms with E-state index >= 15 is 0 Å². The van der Waals surface area contributed by atoms with Crippen LogP contribution in [0.5, 0.6) is 0 Å². The molecule has 1 rings (SSSR count). The van der Waals surface area contributed by atoms with E-state index in [1.807, 2.05) is 0 Å². The molecule has 0 bridgehead atoms. The van der Waals surface area contributed by atoms with E-state index in [0.29, 0.717) is 0 Å². The molecule has 104 valence electrons. The Hall–Kier alpha value is -1.24. The molecule has 1 amide bonds. The first-order valence-corrected chi connectivity index (χ1v) is 5.74. The number of hydrogen-bond acceptors (Lipinski definition) is 4. The highest BCUT2D eigenvalue weighted by Crippen LogP contribution is 2.30. The zero-order valence-electron chi connectivity index (χ0n) is 10.7. The van der Waals surface area contributed by atoms with Crippen molar-refractivity contribution >= 4 is 11.9 Å². The van der Waals surface area contributed by atoms with Crippen LogP contribution in [0.1, 0.15) is 40.0 Å². The second-order valence-electron chi connectivity index (χ2n) is 5.36. The number of rotatable bonds is 2. The van der Waals surface area contributed by atoms with Crippen molar-refractivity contribution in [2.75, 3.05) is 0 Å². The summed E-state index contributed by atoms with van der Waals surface area (Å²) >= 11 is 0. The van der Waals surface area contributed by atoms with Crippen LogP contribution in [0.4, 0.5) is 13.6 Å². The zero-order valence-corrected chi connectivity index (χ0v) is 10.7. The molecule has 0 spiro atoms. The number of hydrogen-bond donors (Lipinski definition) is 2. The van der Waals surface area contributed by atoms with Gasteiger partial charge in [0.2, 0.25) is 0 Å². The van der Waals surface area contributed by atoms with Gasteiger partial charge in [-0.15, -0.1) is 0 Å². The first-order chi connectivity index (χ1) is 8.09. The Morgan fingerprint density at radius 1 is 1.44 bits per heavy atom. The standard InChI is InChI=1S/C11H18F2N2O3/c1-10(2,3)18-9(17)15-14-7-4-5-11(12,13)6-8(7)16/h7,14H,4-6H2,1-3H3,(H,15,17). The summed E-state index contributed by atoms with van der Waals surface area (Å²) in [5.41, 5.74) is 3.96. The van der Waals surface area contributed by atoms with Crippen molar-refractivity contribution in [3.63, 3.8) is 0 Å². The van der Waals surface area contributed by atoms with Gasteiger partial charge < -0.3 is 4.74 Å². The minimum atomic E-state index is -2.93. The Morgan fingerprint density at radius 3 is 2.56 bits per heavy atom. The van der Waals surface area contributed by atoms with Crippen LogP contribution in [0.15, 0.2) is 0 Å². The van der Waals surface area contributed by atoms with Gasteiger partial charge in [0.15, 0.2) is 5.78 Å². The molecule has 1 aliphatic carbocycles. The molecule has 0 saturated heterocycles. The second kappa shape index (κ2) is 5.17. The molecule has 18 heavy (non-hydrogen) atoms. The van der Waals surface area contributed by atoms with Gasteiger partial charge in [-0.05, 0) is 27.2 Å². The molecule has 2 N–H and O–H groups in total. The van der Waals surface area contributed by atoms with Crippen molar-refractivity contribution in [3.05, 3.63) is 0 Å². The van der Waals surface area contributed by atoms with Gasteiger partial charge in [-0.2, -0.15) is 0 Å². The van der Waals surface area contributed by atoms with Gasteiger partial charge in [-0.1, -0.05) is 0 Å². The smallest absolute Gasteiger partial charge is 0.422 e. The molecule has 5 nitrogen and oxygen atoms in total. The van der Waals surface area contributed by atoms with Gasteiger partial charge in [-0.25, -0.2) is 19.0 Å². The lowest BCUT2D eigenvalue weighted by Gasteiger charge is -2.28. The number of nitrogens with one attached hydrogen (secondary N) is 2. The Bertz CT molecular complexity index is 340. The summed E-state index contributed by atoms with van der Waals surface area (Å²) in [5, 5.41) is 0. The molecular formula is C11H18F2N2O3. The molecule has 1 atom stereocenters. The van der Waals surface area contributed by atoms with E-state index in [1.54, 1.807) is 20.8 Å². The molecule has 1 unspecified atom stereocenters. The third-order valence-corrected chi connectivity index (χ3v) is 2.37. The first kappa shape index (κ1) is 14.8. The van der Waals surface area contributed by atoms with Gasteiger partial charge in [-0.3, -0.25) is 10.2 Å². The highest BCUT2D eigenvalue weighted by atomic mass is 19.3. The van der Waals surface area contributed by atoms with E-state index in [1.165, 1.54) is 0 Å². The summed E-state index contributed by atoms with van der Waals surface area (Å²) in [7, 11) is 0. The van der Waals surface area contributed by atoms with Crippen LogP contribution < -0.4 is 10.9 Å². The maximum absolute atomic E-state index is 12.9. The van der Waals surface area contributed by atoms with Crippen LogP contribution in [0, 0.1) is 0 Å². The van der Waals surface area contributed by atoms with Crippen molar-refractivity contribution in [2.45, 2.75) is 57.6 Å². The van der Waals surface area contributed by atoms with Crippen LogP contribution in [0.3, 0.4) is 0 Å². The number of alkyl halides is 2. The maximum Gasteiger partial charge on any atom is 0.422 e. The molecule has 1 saturated carbocycles. The zero-order chi connectivity index (χ0) is 14.0. The summed E-state index contributed by atoms with van der Waals surface area (Å²) in [5.74, 6) is -3.54. The molecule has 0 radical (unpaired) electrons. The average Bonchev–Trinajstić information content (AvgIpc) is 2.12. The number of carbonyl (C=O) groups is 2. The second-order valence-corrected chi connectivity index (χ2v) is 5.36. The van der Waals surface area contributed by atoms with Crippen LogP contribution in [0.25, 0.3) is 0 Å². The lowest BCUT2D eigenvalue weighted by molar-refractivity contribution is -0.134. The third kappa shape index (κ3) is 4.95. The predicted octanol–water partition coefficient (Wildman–Crippen LogP) is 1.77. The number of hydrazine groups is 1. The van der Waals surface area contributed by atoms with Gasteiger partial charge in [0.05, 0.1) is 12.5 Å². The largest absolute Gasteiger partial charge is 0.443 e. The number of ketones is 1. The van der Waals surface area contributed by atoms with Gasteiger partial charge in [0.25, 0.3) is 5.92 Å². The summed E-state index contributed by atoms with van der Waals surface area (Å²) in [6.07, 6.45) is -1.91. The molecule has 1 aliphatic rings. The van der Waals surface area contributed by atoms with Gasteiger partial charge in [0, 0.05) is 6.42 Å². The molecule has 0 aromatic carbocycles. The van der Waals surface area contributed by atoms with Crippen LogP contribution in [-0.4, -0.2) is 29.4 Å². The molecule has 7 heteroatoms. The van der Waals surface area contributed by atoms with E-state index in [2.05, 4.69) is 10.9 Å². The predicted molar refractivity (Wildman–Crippen MR) is 60.1 cm³/mol. The Kier molecular flexibility index (Phi) is 4.26. The lowest BCUT2D eigenvalue weighted by atomic mass is 9.91. The maximum atomic E-state index is 12.9. The van der Waals surface area contributed by atoms with Crippen molar-refractivity contribution in [1.82, 2.24) is 10.9 Å². The fourth-order valence-electron chi connectivity index (χ4n) is 1.59. The van der Waals surface area contributed by atoms with Crippen molar-refractivity contribution in [2.24, 2.45) is 0 Å². The van der Waals surface area contributed by atoms with Gasteiger partial charge in [0.1, 0.15) is 5.60 Å². The number of Topliss-reactive ketones (excluding diaryl/α,β-unsaturated/α-hetero) is 1. The Balaban J connectivity index is 2.37. The monoisotopic (exact) mass is 264 g/mol. The highest BCUT2D eigenvalue weighted by molar-refractivity contribution is 5.85. The third-order valence-electron chi connectivity index (χ3n) is 2.37. The average molecular weight is 264 g/mol. The van der Waals surface area contributed by atoms with E-state index in [9.17, 15) is 18.4 Å². The molecule has 0 heterocycles. The van der Waals surface area contributed by atoms with E-state index in [0.717, 1.165) is 0 Å². The Labute approximate surface area is 104 Å². The minimum Gasteiger partial charge on any atom is -0.443 e. The fraction of sp³-hybridized carbons (Fsp3) is 0.818. The van der Waals surface area contributed by atoms with Crippen molar-refractivity contribution < 1.29 is 23.1 Å². The first-order valence-electron chi connectivity index (χ1n) is 5.74. The molecule has 0 aromatic rings. The van der Waals surface area contributed by atoms with Gasteiger partial charge >= 0.3 is 6.09 Å². The number of ether oxygens (including phenoxy) is 1. The molecule has 0 aromatic heterocycles. The van der Waals surface area contributed by atoms with Crippen molar-refractivity contribution in [3.8, 4) is 0 Å². The summed E-state index contributed by atoms with van der Waals surface area (Å²) in [6.45, 7) is 5.08.